The molecular formula is C7H15N3O2. The fraction of sp³-hybridized carbons (Fsp3) is 1.00. The maximum absolute atomic E-state index is 8.23. The standard InChI is InChI=1S/C7H15N3O2/c1-4-6(9-10-8)7(11-3)12-5-2/h6-7H,4-5H2,1-3H3. The van der Waals surface area contributed by atoms with Crippen molar-refractivity contribution in [3.05, 3.63) is 10.4 Å². The fourth-order valence-corrected chi connectivity index (χ4v) is 0.895. The highest BCUT2D eigenvalue weighted by molar-refractivity contribution is 4.68. The molecule has 0 aliphatic rings. The number of hydrogen-bond donors (Lipinski definition) is 0. The molecule has 0 aromatic rings. The highest BCUT2D eigenvalue weighted by Crippen LogP contribution is 2.08. The summed E-state index contributed by atoms with van der Waals surface area (Å²) in [7, 11) is 1.54. The summed E-state index contributed by atoms with van der Waals surface area (Å²) in [6.45, 7) is 4.34. The van der Waals surface area contributed by atoms with Crippen LogP contribution in [0.2, 0.25) is 0 Å². The van der Waals surface area contributed by atoms with Crippen LogP contribution in [0.5, 0.6) is 0 Å². The van der Waals surface area contributed by atoms with Crippen molar-refractivity contribution < 1.29 is 9.47 Å². The molecule has 0 fully saturated rings. The van der Waals surface area contributed by atoms with Gasteiger partial charge in [0.25, 0.3) is 0 Å². The third kappa shape index (κ3) is 3.57. The molecule has 0 aromatic carbocycles. The predicted molar refractivity (Wildman–Crippen MR) is 45.6 cm³/mol. The summed E-state index contributed by atoms with van der Waals surface area (Å²) < 4.78 is 10.2. The number of ether oxygens (including phenoxy) is 2. The number of azide groups is 1. The summed E-state index contributed by atoms with van der Waals surface area (Å²) in [6, 6.07) is -0.236. The van der Waals surface area contributed by atoms with E-state index in [2.05, 4.69) is 10.0 Å². The van der Waals surface area contributed by atoms with E-state index in [1.165, 1.54) is 7.11 Å². The van der Waals surface area contributed by atoms with E-state index in [1.807, 2.05) is 13.8 Å². The molecule has 12 heavy (non-hydrogen) atoms. The number of hydrogen-bond acceptors (Lipinski definition) is 3. The number of methoxy groups -OCH3 is 1. The second-order valence-electron chi connectivity index (χ2n) is 2.24. The fourth-order valence-electron chi connectivity index (χ4n) is 0.895. The van der Waals surface area contributed by atoms with Gasteiger partial charge in [0, 0.05) is 18.6 Å². The van der Waals surface area contributed by atoms with Crippen LogP contribution in [-0.2, 0) is 9.47 Å². The van der Waals surface area contributed by atoms with Gasteiger partial charge >= 0.3 is 0 Å². The van der Waals surface area contributed by atoms with Gasteiger partial charge < -0.3 is 9.47 Å². The Kier molecular flexibility index (Phi) is 6.47. The summed E-state index contributed by atoms with van der Waals surface area (Å²) in [5.41, 5.74) is 8.23. The SMILES string of the molecule is CCOC(OC)C(CC)N=[N+]=[N-]. The van der Waals surface area contributed by atoms with Gasteiger partial charge in [-0.1, -0.05) is 12.0 Å². The van der Waals surface area contributed by atoms with Gasteiger partial charge in [-0.2, -0.15) is 0 Å². The lowest BCUT2D eigenvalue weighted by atomic mass is 10.2. The first-order chi connectivity index (χ1) is 5.79. The molecule has 0 rings (SSSR count). The molecule has 0 N–H and O–H groups in total. The second-order valence-corrected chi connectivity index (χ2v) is 2.24. The second kappa shape index (κ2) is 6.91. The van der Waals surface area contributed by atoms with Gasteiger partial charge in [0.05, 0.1) is 6.04 Å². The van der Waals surface area contributed by atoms with E-state index in [0.717, 1.165) is 0 Å². The Balaban J connectivity index is 4.11. The van der Waals surface area contributed by atoms with E-state index in [1.54, 1.807) is 0 Å². The van der Waals surface area contributed by atoms with Crippen molar-refractivity contribution in [2.45, 2.75) is 32.6 Å². The highest BCUT2D eigenvalue weighted by Gasteiger charge is 2.17. The Hall–Kier alpha value is -0.770. The van der Waals surface area contributed by atoms with E-state index >= 15 is 0 Å². The molecule has 0 radical (unpaired) electrons. The zero-order valence-electron chi connectivity index (χ0n) is 7.73. The molecule has 2 unspecified atom stereocenters. The van der Waals surface area contributed by atoms with Crippen LogP contribution in [0.25, 0.3) is 10.4 Å². The highest BCUT2D eigenvalue weighted by atomic mass is 16.7. The molecule has 5 nitrogen and oxygen atoms in total. The van der Waals surface area contributed by atoms with Gasteiger partial charge in [-0.15, -0.1) is 0 Å². The van der Waals surface area contributed by atoms with E-state index in [0.29, 0.717) is 13.0 Å². The molecule has 70 valence electrons. The molecule has 2 atom stereocenters. The van der Waals surface area contributed by atoms with Crippen LogP contribution >= 0.6 is 0 Å². The van der Waals surface area contributed by atoms with Crippen molar-refractivity contribution in [1.29, 1.82) is 0 Å². The number of nitrogens with zero attached hydrogens (tertiary/aromatic N) is 3. The van der Waals surface area contributed by atoms with Crippen LogP contribution in [0.4, 0.5) is 0 Å². The van der Waals surface area contributed by atoms with Crippen LogP contribution in [0.1, 0.15) is 20.3 Å². The minimum Gasteiger partial charge on any atom is -0.355 e. The molecule has 0 saturated heterocycles. The largest absolute Gasteiger partial charge is 0.355 e. The summed E-state index contributed by atoms with van der Waals surface area (Å²) in [5, 5.41) is 3.56. The molecule has 0 saturated carbocycles. The monoisotopic (exact) mass is 173 g/mol. The van der Waals surface area contributed by atoms with Crippen LogP contribution in [0.15, 0.2) is 5.11 Å². The van der Waals surface area contributed by atoms with Crippen LogP contribution in [-0.4, -0.2) is 26.0 Å². The molecule has 0 aromatic heterocycles. The molecule has 0 heterocycles. The molecule has 0 spiro atoms. The third-order valence-corrected chi connectivity index (χ3v) is 1.50. The Labute approximate surface area is 72.3 Å². The molecule has 0 aliphatic heterocycles. The van der Waals surface area contributed by atoms with Gasteiger partial charge in [0.2, 0.25) is 0 Å². The summed E-state index contributed by atoms with van der Waals surface area (Å²) >= 11 is 0. The molecular weight excluding hydrogens is 158 g/mol. The summed E-state index contributed by atoms with van der Waals surface area (Å²) in [6.07, 6.45) is 0.290. The zero-order chi connectivity index (χ0) is 9.40. The van der Waals surface area contributed by atoms with Crippen molar-refractivity contribution >= 4 is 0 Å². The first kappa shape index (κ1) is 11.2. The minimum atomic E-state index is -0.420. The van der Waals surface area contributed by atoms with Crippen LogP contribution in [0, 0.1) is 0 Å². The van der Waals surface area contributed by atoms with E-state index in [4.69, 9.17) is 15.0 Å². The molecule has 0 bridgehead atoms. The van der Waals surface area contributed by atoms with Crippen LogP contribution < -0.4 is 0 Å². The van der Waals surface area contributed by atoms with Gasteiger partial charge in [-0.05, 0) is 18.9 Å². The maximum Gasteiger partial charge on any atom is 0.165 e. The lowest BCUT2D eigenvalue weighted by Gasteiger charge is -2.20. The van der Waals surface area contributed by atoms with Gasteiger partial charge in [0.1, 0.15) is 0 Å². The molecule has 5 heteroatoms. The zero-order valence-corrected chi connectivity index (χ0v) is 7.73. The predicted octanol–water partition coefficient (Wildman–Crippen LogP) is 2.08. The van der Waals surface area contributed by atoms with E-state index in [-0.39, 0.29) is 6.04 Å². The van der Waals surface area contributed by atoms with Gasteiger partial charge in [0.15, 0.2) is 6.29 Å². The van der Waals surface area contributed by atoms with E-state index in [9.17, 15) is 0 Å². The molecule has 0 aliphatic carbocycles. The Morgan fingerprint density at radius 3 is 2.50 bits per heavy atom. The van der Waals surface area contributed by atoms with Crippen molar-refractivity contribution in [1.82, 2.24) is 0 Å². The average molecular weight is 173 g/mol. The summed E-state index contributed by atoms with van der Waals surface area (Å²) in [4.78, 5) is 2.72. The van der Waals surface area contributed by atoms with Crippen molar-refractivity contribution in [3.8, 4) is 0 Å². The molecule has 0 amide bonds. The Morgan fingerprint density at radius 2 is 2.17 bits per heavy atom. The topological polar surface area (TPSA) is 67.2 Å². The number of rotatable bonds is 6. The maximum atomic E-state index is 8.23. The first-order valence-corrected chi connectivity index (χ1v) is 3.98. The lowest BCUT2D eigenvalue weighted by Crippen LogP contribution is -2.28. The third-order valence-electron chi connectivity index (χ3n) is 1.50. The van der Waals surface area contributed by atoms with Crippen molar-refractivity contribution in [2.24, 2.45) is 5.11 Å². The lowest BCUT2D eigenvalue weighted by molar-refractivity contribution is -0.133. The Morgan fingerprint density at radius 1 is 1.50 bits per heavy atom. The van der Waals surface area contributed by atoms with E-state index < -0.39 is 6.29 Å². The van der Waals surface area contributed by atoms with Gasteiger partial charge in [-0.3, -0.25) is 0 Å². The smallest absolute Gasteiger partial charge is 0.165 e. The quantitative estimate of drug-likeness (QED) is 0.267. The summed E-state index contributed by atoms with van der Waals surface area (Å²) in [5.74, 6) is 0. The minimum absolute atomic E-state index is 0.236. The average Bonchev–Trinajstić information content (AvgIpc) is 2.11. The van der Waals surface area contributed by atoms with Gasteiger partial charge in [-0.25, -0.2) is 0 Å². The van der Waals surface area contributed by atoms with Crippen molar-refractivity contribution in [3.63, 3.8) is 0 Å². The van der Waals surface area contributed by atoms with Crippen molar-refractivity contribution in [2.75, 3.05) is 13.7 Å². The Bertz CT molecular complexity index is 157. The first-order valence-electron chi connectivity index (χ1n) is 3.98. The normalized spacial score (nSPS) is 14.9. The van der Waals surface area contributed by atoms with Crippen LogP contribution in [0.3, 0.4) is 0 Å².